The summed E-state index contributed by atoms with van der Waals surface area (Å²) in [6, 6.07) is 0. The molecule has 9 heavy (non-hydrogen) atoms. The Labute approximate surface area is 56.7 Å². The molecule has 0 rings (SSSR count). The van der Waals surface area contributed by atoms with E-state index in [1.807, 2.05) is 19.1 Å². The van der Waals surface area contributed by atoms with Gasteiger partial charge in [-0.3, -0.25) is 0 Å². The minimum atomic E-state index is 0.631. The third kappa shape index (κ3) is 7.66. The van der Waals surface area contributed by atoms with Crippen LogP contribution in [0.2, 0.25) is 0 Å². The van der Waals surface area contributed by atoms with Crippen LogP contribution in [0.25, 0.3) is 0 Å². The Bertz CT molecular complexity index is 71.3. The van der Waals surface area contributed by atoms with E-state index >= 15 is 0 Å². The normalized spacial score (nSPS) is 10.9. The van der Waals surface area contributed by atoms with E-state index < -0.39 is 0 Å². The van der Waals surface area contributed by atoms with Gasteiger partial charge in [-0.2, -0.15) is 0 Å². The molecule has 0 spiro atoms. The van der Waals surface area contributed by atoms with Gasteiger partial charge in [0.15, 0.2) is 0 Å². The van der Waals surface area contributed by atoms with Crippen LogP contribution in [0, 0.1) is 0 Å². The van der Waals surface area contributed by atoms with Crippen LogP contribution >= 0.6 is 0 Å². The van der Waals surface area contributed by atoms with Crippen LogP contribution in [0.1, 0.15) is 13.3 Å². The zero-order chi connectivity index (χ0) is 6.95. The van der Waals surface area contributed by atoms with E-state index in [0.717, 1.165) is 19.6 Å². The molecule has 2 heteroatoms. The van der Waals surface area contributed by atoms with Crippen molar-refractivity contribution in [2.24, 2.45) is 5.73 Å². The summed E-state index contributed by atoms with van der Waals surface area (Å²) in [4.78, 5) is 0. The third-order valence-corrected chi connectivity index (χ3v) is 0.936. The molecular formula is C7H15NO. The van der Waals surface area contributed by atoms with Gasteiger partial charge in [-0.15, -0.1) is 0 Å². The number of rotatable bonds is 5. The van der Waals surface area contributed by atoms with Gasteiger partial charge in [0.25, 0.3) is 0 Å². The Balaban J connectivity index is 2.82. The minimum absolute atomic E-state index is 0.631. The van der Waals surface area contributed by atoms with Gasteiger partial charge in [0, 0.05) is 19.8 Å². The second kappa shape index (κ2) is 7.66. The Morgan fingerprint density at radius 2 is 2.22 bits per heavy atom. The average Bonchev–Trinajstić information content (AvgIpc) is 1.89. The fraction of sp³-hybridized carbons (Fsp3) is 0.714. The molecule has 0 bridgehead atoms. The highest BCUT2D eigenvalue weighted by Gasteiger charge is 1.77. The van der Waals surface area contributed by atoms with Crippen LogP contribution in [0.4, 0.5) is 0 Å². The highest BCUT2D eigenvalue weighted by Crippen LogP contribution is 1.83. The molecule has 0 aliphatic heterocycles. The van der Waals surface area contributed by atoms with Gasteiger partial charge >= 0.3 is 0 Å². The summed E-state index contributed by atoms with van der Waals surface area (Å²) < 4.78 is 5.09. The Morgan fingerprint density at radius 1 is 1.44 bits per heavy atom. The standard InChI is InChI=1S/C7H15NO/c1-2-9-7-5-3-4-6-8/h3-4H,2,5-8H2,1H3. The minimum Gasteiger partial charge on any atom is -0.381 e. The van der Waals surface area contributed by atoms with Gasteiger partial charge in [0.05, 0.1) is 0 Å². The molecule has 0 aromatic rings. The molecular weight excluding hydrogens is 114 g/mol. The van der Waals surface area contributed by atoms with Crippen molar-refractivity contribution in [3.05, 3.63) is 12.2 Å². The SMILES string of the molecule is CCOCCC=CCN. The molecule has 0 unspecified atom stereocenters. The van der Waals surface area contributed by atoms with Gasteiger partial charge < -0.3 is 10.5 Å². The monoisotopic (exact) mass is 129 g/mol. The van der Waals surface area contributed by atoms with Crippen LogP contribution in [0.5, 0.6) is 0 Å². The van der Waals surface area contributed by atoms with Gasteiger partial charge in [-0.05, 0) is 13.3 Å². The lowest BCUT2D eigenvalue weighted by molar-refractivity contribution is 0.152. The molecule has 0 aromatic carbocycles. The largest absolute Gasteiger partial charge is 0.381 e. The first-order valence-electron chi connectivity index (χ1n) is 3.34. The summed E-state index contributed by atoms with van der Waals surface area (Å²) in [6.07, 6.45) is 4.96. The van der Waals surface area contributed by atoms with Crippen LogP contribution in [-0.4, -0.2) is 19.8 Å². The molecule has 0 radical (unpaired) electrons. The summed E-state index contributed by atoms with van der Waals surface area (Å²) in [5, 5.41) is 0. The zero-order valence-electron chi connectivity index (χ0n) is 5.97. The molecule has 0 fully saturated rings. The van der Waals surface area contributed by atoms with Crippen molar-refractivity contribution in [3.63, 3.8) is 0 Å². The van der Waals surface area contributed by atoms with E-state index in [1.165, 1.54) is 0 Å². The summed E-state index contributed by atoms with van der Waals surface area (Å²) >= 11 is 0. The predicted octanol–water partition coefficient (Wildman–Crippen LogP) is 0.928. The summed E-state index contributed by atoms with van der Waals surface area (Å²) in [7, 11) is 0. The Morgan fingerprint density at radius 3 is 2.78 bits per heavy atom. The fourth-order valence-electron chi connectivity index (χ4n) is 0.510. The van der Waals surface area contributed by atoms with E-state index in [1.54, 1.807) is 0 Å². The van der Waals surface area contributed by atoms with Gasteiger partial charge in [0.1, 0.15) is 0 Å². The van der Waals surface area contributed by atoms with E-state index in [2.05, 4.69) is 0 Å². The molecule has 54 valence electrons. The van der Waals surface area contributed by atoms with Crippen molar-refractivity contribution in [3.8, 4) is 0 Å². The molecule has 0 amide bonds. The fourth-order valence-corrected chi connectivity index (χ4v) is 0.510. The topological polar surface area (TPSA) is 35.2 Å². The quantitative estimate of drug-likeness (QED) is 0.442. The van der Waals surface area contributed by atoms with E-state index in [4.69, 9.17) is 10.5 Å². The summed E-state index contributed by atoms with van der Waals surface area (Å²) in [5.74, 6) is 0. The number of hydrogen-bond acceptors (Lipinski definition) is 2. The summed E-state index contributed by atoms with van der Waals surface area (Å²) in [5.41, 5.74) is 5.22. The molecule has 0 aromatic heterocycles. The maximum atomic E-state index is 5.22. The van der Waals surface area contributed by atoms with Gasteiger partial charge in [-0.1, -0.05) is 12.2 Å². The Kier molecular flexibility index (Phi) is 7.37. The lowest BCUT2D eigenvalue weighted by atomic mass is 10.4. The maximum absolute atomic E-state index is 5.22. The van der Waals surface area contributed by atoms with Crippen molar-refractivity contribution in [2.45, 2.75) is 13.3 Å². The molecule has 0 aliphatic carbocycles. The molecule has 0 saturated carbocycles. The molecule has 2 nitrogen and oxygen atoms in total. The number of hydrogen-bond donors (Lipinski definition) is 1. The smallest absolute Gasteiger partial charge is 0.0500 e. The third-order valence-electron chi connectivity index (χ3n) is 0.936. The molecule has 2 N–H and O–H groups in total. The lowest BCUT2D eigenvalue weighted by Crippen LogP contribution is -1.94. The first-order valence-corrected chi connectivity index (χ1v) is 3.34. The van der Waals surface area contributed by atoms with E-state index in [9.17, 15) is 0 Å². The highest BCUT2D eigenvalue weighted by atomic mass is 16.5. The maximum Gasteiger partial charge on any atom is 0.0500 e. The average molecular weight is 129 g/mol. The molecule has 0 aliphatic rings. The van der Waals surface area contributed by atoms with E-state index in [-0.39, 0.29) is 0 Å². The first-order chi connectivity index (χ1) is 4.41. The van der Waals surface area contributed by atoms with Crippen LogP contribution in [0.3, 0.4) is 0 Å². The molecule has 0 saturated heterocycles. The van der Waals surface area contributed by atoms with Crippen molar-refractivity contribution in [2.75, 3.05) is 19.8 Å². The Hall–Kier alpha value is -0.340. The van der Waals surface area contributed by atoms with Crippen LogP contribution < -0.4 is 5.73 Å². The number of ether oxygens (including phenoxy) is 1. The van der Waals surface area contributed by atoms with Crippen molar-refractivity contribution in [1.82, 2.24) is 0 Å². The molecule has 0 atom stereocenters. The first kappa shape index (κ1) is 8.66. The molecule has 0 heterocycles. The van der Waals surface area contributed by atoms with Crippen LogP contribution in [-0.2, 0) is 4.74 Å². The van der Waals surface area contributed by atoms with Gasteiger partial charge in [-0.25, -0.2) is 0 Å². The zero-order valence-corrected chi connectivity index (χ0v) is 5.97. The summed E-state index contributed by atoms with van der Waals surface area (Å²) in [6.45, 7) is 4.24. The number of nitrogens with two attached hydrogens (primary N) is 1. The van der Waals surface area contributed by atoms with Crippen molar-refractivity contribution < 1.29 is 4.74 Å². The highest BCUT2D eigenvalue weighted by molar-refractivity contribution is 4.81. The van der Waals surface area contributed by atoms with E-state index in [0.29, 0.717) is 6.54 Å². The van der Waals surface area contributed by atoms with Crippen molar-refractivity contribution >= 4 is 0 Å². The second-order valence-corrected chi connectivity index (χ2v) is 1.69. The lowest BCUT2D eigenvalue weighted by Gasteiger charge is -1.93. The second-order valence-electron chi connectivity index (χ2n) is 1.69. The van der Waals surface area contributed by atoms with Crippen molar-refractivity contribution in [1.29, 1.82) is 0 Å². The van der Waals surface area contributed by atoms with Gasteiger partial charge in [0.2, 0.25) is 0 Å². The van der Waals surface area contributed by atoms with Crippen LogP contribution in [0.15, 0.2) is 12.2 Å². The predicted molar refractivity (Wildman–Crippen MR) is 39.3 cm³/mol.